The van der Waals surface area contributed by atoms with Crippen molar-refractivity contribution in [1.82, 2.24) is 0 Å². The van der Waals surface area contributed by atoms with Crippen LogP contribution < -0.4 is 5.63 Å². The molecule has 2 heteroatoms. The number of allylic oxidation sites excluding steroid dienone is 2. The second-order valence-electron chi connectivity index (χ2n) is 4.57. The highest BCUT2D eigenvalue weighted by Crippen LogP contribution is 2.24. The third kappa shape index (κ3) is 2.92. The minimum atomic E-state index is -0.165. The average molecular weight is 248 g/mol. The molecule has 0 aliphatic heterocycles. The first-order chi connectivity index (χ1) is 8.58. The Labute approximate surface area is 110 Å². The highest BCUT2D eigenvalue weighted by Gasteiger charge is 2.12. The molecule has 2 nitrogen and oxygen atoms in total. The molecule has 0 bridgehead atoms. The number of hydrogen-bond donors (Lipinski definition) is 0. The second-order valence-corrected chi connectivity index (χ2v) is 4.57. The average Bonchev–Trinajstić information content (AvgIpc) is 2.38. The molecule has 0 fully saturated rings. The molecule has 1 aromatic heterocycles. The van der Waals surface area contributed by atoms with Gasteiger partial charge in [-0.3, -0.25) is 0 Å². The fourth-order valence-corrected chi connectivity index (χ4v) is 2.30. The predicted octanol–water partition coefficient (Wildman–Crippen LogP) is 4.36. The van der Waals surface area contributed by atoms with Gasteiger partial charge in [-0.1, -0.05) is 33.3 Å². The lowest BCUT2D eigenvalue weighted by Crippen LogP contribution is -2.12. The summed E-state index contributed by atoms with van der Waals surface area (Å²) in [6.07, 6.45) is 3.51. The summed E-state index contributed by atoms with van der Waals surface area (Å²) in [5.41, 5.74) is 4.25. The van der Waals surface area contributed by atoms with Crippen LogP contribution in [0.4, 0.5) is 0 Å². The highest BCUT2D eigenvalue weighted by molar-refractivity contribution is 5.64. The molecular formula is C16H24O2. The van der Waals surface area contributed by atoms with E-state index in [9.17, 15) is 4.79 Å². The predicted molar refractivity (Wildman–Crippen MR) is 76.9 cm³/mol. The van der Waals surface area contributed by atoms with E-state index in [-0.39, 0.29) is 5.63 Å². The fraction of sp³-hybridized carbons (Fsp3) is 0.562. The van der Waals surface area contributed by atoms with E-state index < -0.39 is 0 Å². The molecule has 0 atom stereocenters. The van der Waals surface area contributed by atoms with E-state index in [1.807, 2.05) is 6.92 Å². The SMILES string of the molecule is CC/C(C)=C(/CC)c1cc(CC)c(CC)c(=O)o1. The molecule has 18 heavy (non-hydrogen) atoms. The monoisotopic (exact) mass is 248 g/mol. The van der Waals surface area contributed by atoms with E-state index in [0.717, 1.165) is 42.6 Å². The van der Waals surface area contributed by atoms with Crippen molar-refractivity contribution in [1.29, 1.82) is 0 Å². The number of rotatable bonds is 5. The van der Waals surface area contributed by atoms with Gasteiger partial charge in [-0.25, -0.2) is 4.79 Å². The third-order valence-corrected chi connectivity index (χ3v) is 3.57. The van der Waals surface area contributed by atoms with Crippen LogP contribution in [0.1, 0.15) is 64.3 Å². The molecule has 0 radical (unpaired) electrons. The smallest absolute Gasteiger partial charge is 0.339 e. The van der Waals surface area contributed by atoms with Crippen molar-refractivity contribution in [3.8, 4) is 0 Å². The topological polar surface area (TPSA) is 30.2 Å². The van der Waals surface area contributed by atoms with Crippen LogP contribution in [0.2, 0.25) is 0 Å². The first-order valence-electron chi connectivity index (χ1n) is 6.93. The lowest BCUT2D eigenvalue weighted by Gasteiger charge is -2.11. The van der Waals surface area contributed by atoms with Gasteiger partial charge in [-0.15, -0.1) is 0 Å². The van der Waals surface area contributed by atoms with Crippen LogP contribution in [0.3, 0.4) is 0 Å². The molecule has 0 spiro atoms. The zero-order chi connectivity index (χ0) is 13.7. The van der Waals surface area contributed by atoms with E-state index in [1.165, 1.54) is 11.1 Å². The van der Waals surface area contributed by atoms with Gasteiger partial charge in [-0.2, -0.15) is 0 Å². The van der Waals surface area contributed by atoms with Crippen LogP contribution in [0.25, 0.3) is 5.57 Å². The van der Waals surface area contributed by atoms with Crippen molar-refractivity contribution in [2.24, 2.45) is 0 Å². The molecule has 1 rings (SSSR count). The molecule has 1 heterocycles. The molecule has 0 aromatic carbocycles. The van der Waals surface area contributed by atoms with Crippen LogP contribution >= 0.6 is 0 Å². The molecule has 1 aromatic rings. The lowest BCUT2D eigenvalue weighted by molar-refractivity contribution is 0.484. The van der Waals surface area contributed by atoms with Gasteiger partial charge in [0.2, 0.25) is 0 Å². The zero-order valence-corrected chi connectivity index (χ0v) is 12.2. The van der Waals surface area contributed by atoms with Crippen molar-refractivity contribution >= 4 is 5.57 Å². The maximum Gasteiger partial charge on any atom is 0.339 e. The number of hydrogen-bond acceptors (Lipinski definition) is 2. The van der Waals surface area contributed by atoms with Crippen molar-refractivity contribution < 1.29 is 4.42 Å². The normalized spacial score (nSPS) is 12.5. The Morgan fingerprint density at radius 3 is 2.22 bits per heavy atom. The molecular weight excluding hydrogens is 224 g/mol. The molecule has 0 N–H and O–H groups in total. The van der Waals surface area contributed by atoms with Gasteiger partial charge in [0.1, 0.15) is 5.76 Å². The summed E-state index contributed by atoms with van der Waals surface area (Å²) in [6, 6.07) is 2.05. The Hall–Kier alpha value is -1.31. The Kier molecular flexibility index (Phi) is 5.39. The summed E-state index contributed by atoms with van der Waals surface area (Å²) in [7, 11) is 0. The van der Waals surface area contributed by atoms with Crippen molar-refractivity contribution in [3.05, 3.63) is 38.9 Å². The Morgan fingerprint density at radius 1 is 1.11 bits per heavy atom. The van der Waals surface area contributed by atoms with E-state index in [1.54, 1.807) is 0 Å². The summed E-state index contributed by atoms with van der Waals surface area (Å²) in [6.45, 7) is 10.4. The fourth-order valence-electron chi connectivity index (χ4n) is 2.30. The minimum absolute atomic E-state index is 0.165. The third-order valence-electron chi connectivity index (χ3n) is 3.57. The van der Waals surface area contributed by atoms with E-state index in [2.05, 4.69) is 33.8 Å². The zero-order valence-electron chi connectivity index (χ0n) is 12.2. The maximum absolute atomic E-state index is 12.0. The van der Waals surface area contributed by atoms with E-state index >= 15 is 0 Å². The van der Waals surface area contributed by atoms with Crippen molar-refractivity contribution in [2.75, 3.05) is 0 Å². The van der Waals surface area contributed by atoms with E-state index in [0.29, 0.717) is 0 Å². The van der Waals surface area contributed by atoms with Gasteiger partial charge in [0.25, 0.3) is 0 Å². The van der Waals surface area contributed by atoms with Crippen LogP contribution in [0.15, 0.2) is 20.9 Å². The standard InChI is InChI=1S/C16H24O2/c1-6-11(5)13(8-3)15-10-12(7-2)14(9-4)16(17)18-15/h10H,6-9H2,1-5H3/b13-11-. The van der Waals surface area contributed by atoms with Gasteiger partial charge >= 0.3 is 5.63 Å². The van der Waals surface area contributed by atoms with Crippen molar-refractivity contribution in [2.45, 2.75) is 60.3 Å². The summed E-state index contributed by atoms with van der Waals surface area (Å²) < 4.78 is 5.50. The second kappa shape index (κ2) is 6.58. The lowest BCUT2D eigenvalue weighted by atomic mass is 9.98. The van der Waals surface area contributed by atoms with Gasteiger partial charge in [0.15, 0.2) is 0 Å². The van der Waals surface area contributed by atoms with E-state index in [4.69, 9.17) is 4.42 Å². The van der Waals surface area contributed by atoms with Crippen LogP contribution in [-0.2, 0) is 12.8 Å². The largest absolute Gasteiger partial charge is 0.423 e. The quantitative estimate of drug-likeness (QED) is 0.775. The first-order valence-corrected chi connectivity index (χ1v) is 6.93. The van der Waals surface area contributed by atoms with Crippen LogP contribution in [0, 0.1) is 0 Å². The molecule has 0 aliphatic carbocycles. The summed E-state index contributed by atoms with van der Waals surface area (Å²) >= 11 is 0. The molecule has 0 amide bonds. The Balaban J connectivity index is 3.44. The maximum atomic E-state index is 12.0. The van der Waals surface area contributed by atoms with Gasteiger partial charge in [0.05, 0.1) is 0 Å². The molecule has 0 saturated carbocycles. The summed E-state index contributed by atoms with van der Waals surface area (Å²) in [5, 5.41) is 0. The first kappa shape index (κ1) is 14.7. The van der Waals surface area contributed by atoms with Crippen LogP contribution in [0.5, 0.6) is 0 Å². The van der Waals surface area contributed by atoms with Crippen molar-refractivity contribution in [3.63, 3.8) is 0 Å². The summed E-state index contributed by atoms with van der Waals surface area (Å²) in [4.78, 5) is 12.0. The molecule has 0 aliphatic rings. The summed E-state index contributed by atoms with van der Waals surface area (Å²) in [5.74, 6) is 0.760. The molecule has 0 unspecified atom stereocenters. The molecule has 100 valence electrons. The Morgan fingerprint density at radius 2 is 1.78 bits per heavy atom. The van der Waals surface area contributed by atoms with Gasteiger partial charge in [0, 0.05) is 5.56 Å². The number of aryl methyl sites for hydroxylation is 1. The van der Waals surface area contributed by atoms with Crippen LogP contribution in [-0.4, -0.2) is 0 Å². The highest BCUT2D eigenvalue weighted by atomic mass is 16.4. The van der Waals surface area contributed by atoms with Gasteiger partial charge < -0.3 is 4.42 Å². The molecule has 0 saturated heterocycles. The van der Waals surface area contributed by atoms with Gasteiger partial charge in [-0.05, 0) is 49.8 Å². The minimum Gasteiger partial charge on any atom is -0.423 e. The Bertz CT molecular complexity index is 492.